The van der Waals surface area contributed by atoms with Crippen LogP contribution in [0, 0.1) is 0 Å². The maximum absolute atomic E-state index is 12.6. The van der Waals surface area contributed by atoms with Crippen LogP contribution < -0.4 is 9.47 Å². The van der Waals surface area contributed by atoms with E-state index in [0.717, 1.165) is 12.8 Å². The standard InChI is InChI=1S/C18H23NO7S/c1-24-15-7-12(8-16(9-15)25-2)18(21)26-10-17(20)19(13-3-4-13)14-5-6-27(22,23)11-14/h7-9,13-14H,3-6,10-11H2,1-2H3/t14-/m0/s1. The molecule has 148 valence electrons. The van der Waals surface area contributed by atoms with Crippen molar-refractivity contribution >= 4 is 21.7 Å². The van der Waals surface area contributed by atoms with Crippen molar-refractivity contribution in [2.45, 2.75) is 31.3 Å². The van der Waals surface area contributed by atoms with Crippen LogP contribution in [0.1, 0.15) is 29.6 Å². The molecule has 9 heteroatoms. The first-order valence-corrected chi connectivity index (χ1v) is 10.6. The molecule has 1 heterocycles. The van der Waals surface area contributed by atoms with E-state index in [4.69, 9.17) is 14.2 Å². The van der Waals surface area contributed by atoms with Gasteiger partial charge in [-0.05, 0) is 31.4 Å². The summed E-state index contributed by atoms with van der Waals surface area (Å²) in [4.78, 5) is 26.5. The first-order chi connectivity index (χ1) is 12.8. The van der Waals surface area contributed by atoms with Crippen LogP contribution in [0.5, 0.6) is 11.5 Å². The Balaban J connectivity index is 1.64. The topological polar surface area (TPSA) is 99.2 Å². The molecule has 2 fully saturated rings. The molecule has 0 N–H and O–H groups in total. The summed E-state index contributed by atoms with van der Waals surface area (Å²) in [6.07, 6.45) is 2.14. The molecule has 1 saturated carbocycles. The number of carbonyl (C=O) groups excluding carboxylic acids is 2. The fourth-order valence-corrected chi connectivity index (χ4v) is 4.97. The van der Waals surface area contributed by atoms with Gasteiger partial charge in [0.1, 0.15) is 11.5 Å². The molecule has 0 radical (unpaired) electrons. The summed E-state index contributed by atoms with van der Waals surface area (Å²) >= 11 is 0. The zero-order chi connectivity index (χ0) is 19.6. The van der Waals surface area contributed by atoms with Gasteiger partial charge in [0.05, 0.1) is 31.3 Å². The monoisotopic (exact) mass is 397 g/mol. The predicted molar refractivity (Wildman–Crippen MR) is 96.8 cm³/mol. The van der Waals surface area contributed by atoms with Crippen LogP contribution in [0.3, 0.4) is 0 Å². The molecule has 1 aliphatic heterocycles. The van der Waals surface area contributed by atoms with Crippen LogP contribution in [0.4, 0.5) is 0 Å². The second-order valence-corrected chi connectivity index (χ2v) is 9.00. The first-order valence-electron chi connectivity index (χ1n) is 8.75. The average molecular weight is 397 g/mol. The van der Waals surface area contributed by atoms with Crippen molar-refractivity contribution < 1.29 is 32.2 Å². The number of ether oxygens (including phenoxy) is 3. The highest BCUT2D eigenvalue weighted by Crippen LogP contribution is 2.32. The number of sulfone groups is 1. The van der Waals surface area contributed by atoms with Gasteiger partial charge in [0.2, 0.25) is 0 Å². The molecule has 1 saturated heterocycles. The Bertz CT molecular complexity index is 810. The highest BCUT2D eigenvalue weighted by Gasteiger charge is 2.42. The highest BCUT2D eigenvalue weighted by atomic mass is 32.2. The van der Waals surface area contributed by atoms with E-state index < -0.39 is 22.4 Å². The Kier molecular flexibility index (Phi) is 5.59. The van der Waals surface area contributed by atoms with E-state index in [0.29, 0.717) is 17.9 Å². The highest BCUT2D eigenvalue weighted by molar-refractivity contribution is 7.91. The average Bonchev–Trinajstić information content (AvgIpc) is 3.42. The summed E-state index contributed by atoms with van der Waals surface area (Å²) in [7, 11) is -0.161. The quantitative estimate of drug-likeness (QED) is 0.634. The lowest BCUT2D eigenvalue weighted by Crippen LogP contribution is -2.44. The fraction of sp³-hybridized carbons (Fsp3) is 0.556. The number of hydrogen-bond donors (Lipinski definition) is 0. The predicted octanol–water partition coefficient (Wildman–Crippen LogP) is 1.04. The minimum Gasteiger partial charge on any atom is -0.497 e. The molecule has 1 amide bonds. The molecule has 27 heavy (non-hydrogen) atoms. The second kappa shape index (κ2) is 7.75. The minimum atomic E-state index is -3.10. The smallest absolute Gasteiger partial charge is 0.338 e. The van der Waals surface area contributed by atoms with Gasteiger partial charge in [0, 0.05) is 18.2 Å². The van der Waals surface area contributed by atoms with Crippen LogP contribution in [0.25, 0.3) is 0 Å². The minimum absolute atomic E-state index is 0.0176. The number of amides is 1. The molecule has 1 aliphatic carbocycles. The second-order valence-electron chi connectivity index (χ2n) is 6.77. The number of carbonyl (C=O) groups is 2. The number of methoxy groups -OCH3 is 2. The summed E-state index contributed by atoms with van der Waals surface area (Å²) < 4.78 is 38.9. The van der Waals surface area contributed by atoms with Crippen LogP contribution in [0.2, 0.25) is 0 Å². The zero-order valence-corrected chi connectivity index (χ0v) is 16.2. The number of nitrogens with zero attached hydrogens (tertiary/aromatic N) is 1. The Labute approximate surface area is 158 Å². The van der Waals surface area contributed by atoms with Crippen LogP contribution in [-0.2, 0) is 19.4 Å². The zero-order valence-electron chi connectivity index (χ0n) is 15.3. The number of rotatable bonds is 7. The molecule has 0 spiro atoms. The lowest BCUT2D eigenvalue weighted by Gasteiger charge is -2.28. The normalized spacial score (nSPS) is 20.7. The largest absolute Gasteiger partial charge is 0.497 e. The van der Waals surface area contributed by atoms with E-state index in [1.165, 1.54) is 26.4 Å². The van der Waals surface area contributed by atoms with Gasteiger partial charge in [-0.2, -0.15) is 0 Å². The SMILES string of the molecule is COc1cc(OC)cc(C(=O)OCC(=O)N(C2CC2)[C@H]2CCS(=O)(=O)C2)c1. The van der Waals surface area contributed by atoms with Gasteiger partial charge in [-0.1, -0.05) is 0 Å². The van der Waals surface area contributed by atoms with Crippen molar-refractivity contribution in [2.24, 2.45) is 0 Å². The van der Waals surface area contributed by atoms with Gasteiger partial charge in [-0.15, -0.1) is 0 Å². The van der Waals surface area contributed by atoms with Gasteiger partial charge in [0.15, 0.2) is 16.4 Å². The summed E-state index contributed by atoms with van der Waals surface area (Å²) in [6, 6.07) is 4.34. The van der Waals surface area contributed by atoms with Crippen molar-refractivity contribution in [3.63, 3.8) is 0 Å². The Morgan fingerprint density at radius 1 is 1.04 bits per heavy atom. The lowest BCUT2D eigenvalue weighted by molar-refractivity contribution is -0.137. The lowest BCUT2D eigenvalue weighted by atomic mass is 10.2. The van der Waals surface area contributed by atoms with E-state index in [1.807, 2.05) is 0 Å². The molecule has 2 aliphatic rings. The summed E-state index contributed by atoms with van der Waals surface area (Å²) in [5, 5.41) is 0. The van der Waals surface area contributed by atoms with E-state index in [-0.39, 0.29) is 35.1 Å². The molecule has 0 unspecified atom stereocenters. The van der Waals surface area contributed by atoms with E-state index in [1.54, 1.807) is 11.0 Å². The number of benzene rings is 1. The molecule has 1 aromatic rings. The summed E-state index contributed by atoms with van der Waals surface area (Å²) in [5.74, 6) is -0.0849. The molecule has 1 aromatic carbocycles. The molecule has 0 aromatic heterocycles. The summed E-state index contributed by atoms with van der Waals surface area (Å²) in [5.41, 5.74) is 0.209. The molecule has 3 rings (SSSR count). The molecular formula is C18H23NO7S. The van der Waals surface area contributed by atoms with Gasteiger partial charge < -0.3 is 19.1 Å². The van der Waals surface area contributed by atoms with Gasteiger partial charge in [-0.3, -0.25) is 4.79 Å². The third-order valence-corrected chi connectivity index (χ3v) is 6.49. The molecular weight excluding hydrogens is 374 g/mol. The third-order valence-electron chi connectivity index (χ3n) is 4.74. The first kappa shape index (κ1) is 19.5. The van der Waals surface area contributed by atoms with E-state index >= 15 is 0 Å². The third kappa shape index (κ3) is 4.71. The van der Waals surface area contributed by atoms with Gasteiger partial charge in [-0.25, -0.2) is 13.2 Å². The summed E-state index contributed by atoms with van der Waals surface area (Å²) in [6.45, 7) is -0.425. The molecule has 1 atom stereocenters. The van der Waals surface area contributed by atoms with Gasteiger partial charge >= 0.3 is 5.97 Å². The van der Waals surface area contributed by atoms with Crippen LogP contribution in [-0.4, -0.2) is 69.6 Å². The van der Waals surface area contributed by atoms with Crippen molar-refractivity contribution in [1.82, 2.24) is 4.90 Å². The Morgan fingerprint density at radius 3 is 2.15 bits per heavy atom. The Morgan fingerprint density at radius 2 is 1.67 bits per heavy atom. The van der Waals surface area contributed by atoms with Crippen LogP contribution >= 0.6 is 0 Å². The molecule has 8 nitrogen and oxygen atoms in total. The maximum Gasteiger partial charge on any atom is 0.338 e. The maximum atomic E-state index is 12.6. The van der Waals surface area contributed by atoms with E-state index in [2.05, 4.69) is 0 Å². The van der Waals surface area contributed by atoms with Crippen molar-refractivity contribution in [2.75, 3.05) is 32.3 Å². The van der Waals surface area contributed by atoms with Crippen LogP contribution in [0.15, 0.2) is 18.2 Å². The van der Waals surface area contributed by atoms with E-state index in [9.17, 15) is 18.0 Å². The van der Waals surface area contributed by atoms with Crippen molar-refractivity contribution in [1.29, 1.82) is 0 Å². The van der Waals surface area contributed by atoms with Gasteiger partial charge in [0.25, 0.3) is 5.91 Å². The number of hydrogen-bond acceptors (Lipinski definition) is 7. The van der Waals surface area contributed by atoms with Crippen molar-refractivity contribution in [3.8, 4) is 11.5 Å². The number of esters is 1. The molecule has 0 bridgehead atoms. The fourth-order valence-electron chi connectivity index (χ4n) is 3.26. The van der Waals surface area contributed by atoms with Crippen molar-refractivity contribution in [3.05, 3.63) is 23.8 Å². The Hall–Kier alpha value is -2.29.